The lowest BCUT2D eigenvalue weighted by molar-refractivity contribution is 0.0919. The largest absolute Gasteiger partial charge is 0.329 e. The zero-order valence-corrected chi connectivity index (χ0v) is 12.1. The van der Waals surface area contributed by atoms with Gasteiger partial charge in [-0.1, -0.05) is 0 Å². The molecule has 1 rings (SSSR count). The second-order valence-electron chi connectivity index (χ2n) is 5.65. The van der Waals surface area contributed by atoms with Crippen LogP contribution in [0, 0.1) is 0 Å². The lowest BCUT2D eigenvalue weighted by Crippen LogP contribution is -2.56. The van der Waals surface area contributed by atoms with E-state index in [-0.39, 0.29) is 12.1 Å². The first-order valence-electron chi connectivity index (χ1n) is 6.13. The molecule has 1 aliphatic heterocycles. The minimum atomic E-state index is -3.20. The van der Waals surface area contributed by atoms with E-state index in [2.05, 4.69) is 25.7 Å². The fourth-order valence-corrected chi connectivity index (χ4v) is 3.41. The molecule has 6 heteroatoms. The molecular formula is C11H25N3O2S. The molecular weight excluding hydrogens is 238 g/mol. The highest BCUT2D eigenvalue weighted by atomic mass is 32.2. The van der Waals surface area contributed by atoms with Gasteiger partial charge in [0.1, 0.15) is 0 Å². The van der Waals surface area contributed by atoms with Crippen molar-refractivity contribution in [1.29, 1.82) is 0 Å². The van der Waals surface area contributed by atoms with Gasteiger partial charge in [-0.3, -0.25) is 4.90 Å². The van der Waals surface area contributed by atoms with Crippen LogP contribution in [0.15, 0.2) is 0 Å². The van der Waals surface area contributed by atoms with Crippen molar-refractivity contribution in [2.24, 2.45) is 5.73 Å². The minimum Gasteiger partial charge on any atom is -0.329 e. The topological polar surface area (TPSA) is 66.6 Å². The zero-order valence-electron chi connectivity index (χ0n) is 11.3. The van der Waals surface area contributed by atoms with E-state index in [0.29, 0.717) is 13.1 Å². The van der Waals surface area contributed by atoms with Gasteiger partial charge >= 0.3 is 0 Å². The van der Waals surface area contributed by atoms with Crippen LogP contribution < -0.4 is 5.73 Å². The van der Waals surface area contributed by atoms with E-state index >= 15 is 0 Å². The molecule has 1 heterocycles. The molecule has 0 radical (unpaired) electrons. The van der Waals surface area contributed by atoms with Gasteiger partial charge in [0.15, 0.2) is 0 Å². The summed E-state index contributed by atoms with van der Waals surface area (Å²) in [5, 5.41) is -0.483. The third-order valence-electron chi connectivity index (χ3n) is 3.39. The quantitative estimate of drug-likeness (QED) is 0.783. The average Bonchev–Trinajstić information content (AvgIpc) is 2.27. The van der Waals surface area contributed by atoms with Gasteiger partial charge in [0.05, 0.1) is 5.25 Å². The third-order valence-corrected chi connectivity index (χ3v) is 5.68. The van der Waals surface area contributed by atoms with Gasteiger partial charge in [-0.15, -0.1) is 0 Å². The molecule has 0 aromatic heterocycles. The molecule has 2 N–H and O–H groups in total. The standard InChI is InChI=1S/C11H25N3O2S/c1-10(9-12)17(15,16)14-7-5-13(6-8-14)11(2,3)4/h10H,5-9,12H2,1-4H3. The normalized spacial score (nSPS) is 22.6. The van der Waals surface area contributed by atoms with E-state index in [9.17, 15) is 8.42 Å². The lowest BCUT2D eigenvalue weighted by Gasteiger charge is -2.42. The number of piperazine rings is 1. The summed E-state index contributed by atoms with van der Waals surface area (Å²) in [5.41, 5.74) is 5.55. The Morgan fingerprint density at radius 3 is 2.00 bits per heavy atom. The first-order valence-corrected chi connectivity index (χ1v) is 7.64. The molecule has 1 atom stereocenters. The number of sulfonamides is 1. The summed E-state index contributed by atoms with van der Waals surface area (Å²) in [7, 11) is -3.20. The Bertz CT molecular complexity index is 340. The Kier molecular flexibility index (Phi) is 4.57. The van der Waals surface area contributed by atoms with Gasteiger partial charge in [0, 0.05) is 38.3 Å². The molecule has 1 saturated heterocycles. The Balaban J connectivity index is 2.64. The van der Waals surface area contributed by atoms with Crippen LogP contribution in [0.1, 0.15) is 27.7 Å². The van der Waals surface area contributed by atoms with Crippen molar-refractivity contribution in [3.8, 4) is 0 Å². The van der Waals surface area contributed by atoms with Crippen molar-refractivity contribution in [3.63, 3.8) is 0 Å². The first kappa shape index (κ1) is 14.9. The van der Waals surface area contributed by atoms with E-state index in [1.54, 1.807) is 11.2 Å². The van der Waals surface area contributed by atoms with Crippen molar-refractivity contribution in [1.82, 2.24) is 9.21 Å². The van der Waals surface area contributed by atoms with Crippen LogP contribution in [-0.2, 0) is 10.0 Å². The molecule has 1 aliphatic rings. The lowest BCUT2D eigenvalue weighted by atomic mass is 10.1. The van der Waals surface area contributed by atoms with E-state index in [4.69, 9.17) is 5.73 Å². The van der Waals surface area contributed by atoms with Gasteiger partial charge < -0.3 is 5.73 Å². The Hall–Kier alpha value is -0.170. The van der Waals surface area contributed by atoms with Crippen LogP contribution in [0.5, 0.6) is 0 Å². The highest BCUT2D eigenvalue weighted by molar-refractivity contribution is 7.89. The summed E-state index contributed by atoms with van der Waals surface area (Å²) in [5.74, 6) is 0. The molecule has 17 heavy (non-hydrogen) atoms. The van der Waals surface area contributed by atoms with E-state index in [1.165, 1.54) is 0 Å². The molecule has 1 fully saturated rings. The third kappa shape index (κ3) is 3.40. The highest BCUT2D eigenvalue weighted by Crippen LogP contribution is 2.18. The average molecular weight is 263 g/mol. The molecule has 1 unspecified atom stereocenters. The smallest absolute Gasteiger partial charge is 0.218 e. The predicted octanol–water partition coefficient (Wildman–Crippen LogP) is 0.0795. The molecule has 102 valence electrons. The molecule has 5 nitrogen and oxygen atoms in total. The van der Waals surface area contributed by atoms with Gasteiger partial charge in [-0.05, 0) is 27.7 Å². The van der Waals surface area contributed by atoms with Crippen LogP contribution >= 0.6 is 0 Å². The van der Waals surface area contributed by atoms with Crippen molar-refractivity contribution in [2.45, 2.75) is 38.5 Å². The molecule has 0 aromatic rings. The van der Waals surface area contributed by atoms with E-state index < -0.39 is 15.3 Å². The Morgan fingerprint density at radius 1 is 1.18 bits per heavy atom. The summed E-state index contributed by atoms with van der Waals surface area (Å²) in [4.78, 5) is 2.31. The molecule has 0 spiro atoms. The van der Waals surface area contributed by atoms with E-state index in [0.717, 1.165) is 13.1 Å². The highest BCUT2D eigenvalue weighted by Gasteiger charge is 2.33. The van der Waals surface area contributed by atoms with Crippen LogP contribution in [-0.4, -0.2) is 61.1 Å². The van der Waals surface area contributed by atoms with Crippen molar-refractivity contribution >= 4 is 10.0 Å². The number of nitrogens with zero attached hydrogens (tertiary/aromatic N) is 2. The summed E-state index contributed by atoms with van der Waals surface area (Å²) in [6.07, 6.45) is 0. The van der Waals surface area contributed by atoms with Gasteiger partial charge in [0.25, 0.3) is 0 Å². The Labute approximate surface area is 105 Å². The molecule has 0 amide bonds. The van der Waals surface area contributed by atoms with E-state index in [1.807, 2.05) is 0 Å². The number of nitrogens with two attached hydrogens (primary N) is 1. The summed E-state index contributed by atoms with van der Waals surface area (Å²) >= 11 is 0. The van der Waals surface area contributed by atoms with Gasteiger partial charge in [-0.25, -0.2) is 8.42 Å². The van der Waals surface area contributed by atoms with Crippen LogP contribution in [0.25, 0.3) is 0 Å². The maximum Gasteiger partial charge on any atom is 0.218 e. The molecule has 0 aromatic carbocycles. The van der Waals surface area contributed by atoms with Crippen LogP contribution in [0.2, 0.25) is 0 Å². The fraction of sp³-hybridized carbons (Fsp3) is 1.00. The zero-order chi connectivity index (χ0) is 13.3. The summed E-state index contributed by atoms with van der Waals surface area (Å²) in [6.45, 7) is 11.0. The van der Waals surface area contributed by atoms with Crippen molar-refractivity contribution in [2.75, 3.05) is 32.7 Å². The maximum absolute atomic E-state index is 12.1. The molecule has 0 aliphatic carbocycles. The van der Waals surface area contributed by atoms with Crippen LogP contribution in [0.3, 0.4) is 0 Å². The molecule has 0 saturated carbocycles. The Morgan fingerprint density at radius 2 is 1.65 bits per heavy atom. The monoisotopic (exact) mass is 263 g/mol. The maximum atomic E-state index is 12.1. The van der Waals surface area contributed by atoms with Gasteiger partial charge in [0.2, 0.25) is 10.0 Å². The number of hydrogen-bond acceptors (Lipinski definition) is 4. The minimum absolute atomic E-state index is 0.106. The predicted molar refractivity (Wildman–Crippen MR) is 70.3 cm³/mol. The second-order valence-corrected chi connectivity index (χ2v) is 8.00. The SMILES string of the molecule is CC(CN)S(=O)(=O)N1CCN(C(C)(C)C)CC1. The van der Waals surface area contributed by atoms with Crippen LogP contribution in [0.4, 0.5) is 0 Å². The molecule has 0 bridgehead atoms. The summed E-state index contributed by atoms with van der Waals surface area (Å²) < 4.78 is 25.8. The fourth-order valence-electron chi connectivity index (χ4n) is 1.99. The first-order chi connectivity index (χ1) is 7.69. The second kappa shape index (κ2) is 5.22. The van der Waals surface area contributed by atoms with Crippen molar-refractivity contribution < 1.29 is 8.42 Å². The number of rotatable bonds is 3. The number of hydrogen-bond donors (Lipinski definition) is 1. The summed E-state index contributed by atoms with van der Waals surface area (Å²) in [6, 6.07) is 0. The van der Waals surface area contributed by atoms with Gasteiger partial charge in [-0.2, -0.15) is 4.31 Å². The van der Waals surface area contributed by atoms with Crippen molar-refractivity contribution in [3.05, 3.63) is 0 Å².